The summed E-state index contributed by atoms with van der Waals surface area (Å²) >= 11 is 0. The predicted molar refractivity (Wildman–Crippen MR) is 84.7 cm³/mol. The van der Waals surface area contributed by atoms with Gasteiger partial charge < -0.3 is 10.1 Å². The van der Waals surface area contributed by atoms with E-state index in [1.807, 2.05) is 30.3 Å². The largest absolute Gasteiger partial charge is 0.573 e. The molecule has 0 aromatic heterocycles. The fourth-order valence-electron chi connectivity index (χ4n) is 2.15. The molecule has 1 N–H and O–H groups in total. The van der Waals surface area contributed by atoms with Crippen molar-refractivity contribution in [2.75, 3.05) is 0 Å². The third-order valence-electron chi connectivity index (χ3n) is 3.32. The molecule has 0 unspecified atom stereocenters. The van der Waals surface area contributed by atoms with E-state index in [1.54, 1.807) is 0 Å². The van der Waals surface area contributed by atoms with Gasteiger partial charge in [0.05, 0.1) is 0 Å². The van der Waals surface area contributed by atoms with Gasteiger partial charge >= 0.3 is 6.36 Å². The molecule has 25 heavy (non-hydrogen) atoms. The summed E-state index contributed by atoms with van der Waals surface area (Å²) < 4.78 is 40.3. The Morgan fingerprint density at radius 2 is 1.64 bits per heavy atom. The summed E-state index contributed by atoms with van der Waals surface area (Å²) in [5.74, 6) is -1.72. The fourth-order valence-corrected chi connectivity index (χ4v) is 2.15. The number of carbonyl (C=O) groups excluding carboxylic acids is 2. The quantitative estimate of drug-likeness (QED) is 0.778. The van der Waals surface area contributed by atoms with Crippen molar-refractivity contribution < 1.29 is 27.5 Å². The summed E-state index contributed by atoms with van der Waals surface area (Å²) in [6.07, 6.45) is -4.27. The van der Waals surface area contributed by atoms with Gasteiger partial charge in [-0.05, 0) is 29.7 Å². The van der Waals surface area contributed by atoms with Gasteiger partial charge in [-0.25, -0.2) is 0 Å². The molecular formula is C18H16F3NO3. The van der Waals surface area contributed by atoms with Gasteiger partial charge in [-0.1, -0.05) is 42.5 Å². The monoisotopic (exact) mass is 351 g/mol. The number of ether oxygens (including phenoxy) is 1. The molecule has 0 saturated heterocycles. The average molecular weight is 351 g/mol. The molecule has 2 rings (SSSR count). The number of benzene rings is 2. The van der Waals surface area contributed by atoms with Crippen LogP contribution >= 0.6 is 0 Å². The molecule has 0 atom stereocenters. The van der Waals surface area contributed by atoms with Crippen molar-refractivity contribution >= 4 is 11.7 Å². The minimum atomic E-state index is -4.78. The Balaban J connectivity index is 1.83. The van der Waals surface area contributed by atoms with Crippen molar-refractivity contribution in [3.63, 3.8) is 0 Å². The molecule has 0 aliphatic carbocycles. The molecule has 0 spiro atoms. The standard InChI is InChI=1S/C18H16F3NO3/c19-18(20,21)25-15-8-4-7-14(11-15)12-22-17(24)16(23)10-9-13-5-2-1-3-6-13/h1-8,11H,9-10,12H2,(H,22,24). The molecule has 2 aromatic carbocycles. The van der Waals surface area contributed by atoms with Crippen molar-refractivity contribution in [2.45, 2.75) is 25.7 Å². The van der Waals surface area contributed by atoms with E-state index >= 15 is 0 Å². The maximum absolute atomic E-state index is 12.2. The first-order valence-corrected chi connectivity index (χ1v) is 7.53. The maximum Gasteiger partial charge on any atom is 0.573 e. The number of carbonyl (C=O) groups is 2. The molecule has 7 heteroatoms. The molecule has 0 heterocycles. The zero-order chi connectivity index (χ0) is 18.3. The molecule has 0 radical (unpaired) electrons. The Hall–Kier alpha value is -2.83. The van der Waals surface area contributed by atoms with Gasteiger partial charge in [0, 0.05) is 13.0 Å². The van der Waals surface area contributed by atoms with Crippen molar-refractivity contribution in [2.24, 2.45) is 0 Å². The normalized spacial score (nSPS) is 11.0. The second-order valence-electron chi connectivity index (χ2n) is 5.29. The third-order valence-corrected chi connectivity index (χ3v) is 3.32. The van der Waals surface area contributed by atoms with Crippen LogP contribution in [-0.2, 0) is 22.6 Å². The van der Waals surface area contributed by atoms with Crippen LogP contribution in [0, 0.1) is 0 Å². The summed E-state index contributed by atoms with van der Waals surface area (Å²) in [6, 6.07) is 14.5. The van der Waals surface area contributed by atoms with Crippen molar-refractivity contribution in [3.8, 4) is 5.75 Å². The predicted octanol–water partition coefficient (Wildman–Crippen LogP) is 3.40. The van der Waals surface area contributed by atoms with Gasteiger partial charge in [0.15, 0.2) is 0 Å². The highest BCUT2D eigenvalue weighted by atomic mass is 19.4. The second kappa shape index (κ2) is 8.32. The lowest BCUT2D eigenvalue weighted by molar-refractivity contribution is -0.274. The number of halogens is 3. The van der Waals surface area contributed by atoms with Crippen molar-refractivity contribution in [1.82, 2.24) is 5.32 Å². The summed E-state index contributed by atoms with van der Waals surface area (Å²) in [5.41, 5.74) is 1.34. The number of nitrogens with one attached hydrogen (secondary N) is 1. The molecule has 132 valence electrons. The Labute approximate surface area is 142 Å². The summed E-state index contributed by atoms with van der Waals surface area (Å²) in [4.78, 5) is 23.6. The van der Waals surface area contributed by atoms with Crippen LogP contribution in [0.5, 0.6) is 5.75 Å². The van der Waals surface area contributed by atoms with E-state index in [0.29, 0.717) is 12.0 Å². The summed E-state index contributed by atoms with van der Waals surface area (Å²) in [5, 5.41) is 2.40. The number of alkyl halides is 3. The number of Topliss-reactive ketones (excluding diaryl/α,β-unsaturated/α-hetero) is 1. The van der Waals surface area contributed by atoms with Crippen LogP contribution in [0.2, 0.25) is 0 Å². The van der Waals surface area contributed by atoms with Gasteiger partial charge in [0.25, 0.3) is 5.91 Å². The number of aryl methyl sites for hydroxylation is 1. The van der Waals surface area contributed by atoms with Crippen molar-refractivity contribution in [1.29, 1.82) is 0 Å². The molecule has 0 bridgehead atoms. The van der Waals surface area contributed by atoms with E-state index in [-0.39, 0.29) is 18.7 Å². The molecule has 1 amide bonds. The van der Waals surface area contributed by atoms with Gasteiger partial charge in [0.1, 0.15) is 5.75 Å². The Bertz CT molecular complexity index is 730. The van der Waals surface area contributed by atoms with E-state index in [0.717, 1.165) is 17.7 Å². The highest BCUT2D eigenvalue weighted by Gasteiger charge is 2.31. The highest BCUT2D eigenvalue weighted by molar-refractivity contribution is 6.36. The Morgan fingerprint density at radius 1 is 0.960 bits per heavy atom. The van der Waals surface area contributed by atoms with Gasteiger partial charge in [-0.2, -0.15) is 0 Å². The van der Waals surface area contributed by atoms with Crippen LogP contribution in [0.25, 0.3) is 0 Å². The smallest absolute Gasteiger partial charge is 0.406 e. The zero-order valence-electron chi connectivity index (χ0n) is 13.2. The van der Waals surface area contributed by atoms with Crippen LogP contribution < -0.4 is 10.1 Å². The van der Waals surface area contributed by atoms with E-state index in [9.17, 15) is 22.8 Å². The fraction of sp³-hybridized carbons (Fsp3) is 0.222. The van der Waals surface area contributed by atoms with E-state index in [2.05, 4.69) is 10.1 Å². The topological polar surface area (TPSA) is 55.4 Å². The molecule has 2 aromatic rings. The van der Waals surface area contributed by atoms with Crippen LogP contribution in [0.1, 0.15) is 17.5 Å². The average Bonchev–Trinajstić information content (AvgIpc) is 2.57. The zero-order valence-corrected chi connectivity index (χ0v) is 13.2. The van der Waals surface area contributed by atoms with E-state index < -0.39 is 18.1 Å². The summed E-state index contributed by atoms with van der Waals surface area (Å²) in [7, 11) is 0. The van der Waals surface area contributed by atoms with E-state index in [1.165, 1.54) is 12.1 Å². The highest BCUT2D eigenvalue weighted by Crippen LogP contribution is 2.23. The lowest BCUT2D eigenvalue weighted by atomic mass is 10.1. The molecular weight excluding hydrogens is 335 g/mol. The first-order valence-electron chi connectivity index (χ1n) is 7.53. The first-order chi connectivity index (χ1) is 11.8. The molecule has 0 aliphatic rings. The van der Waals surface area contributed by atoms with Crippen LogP contribution in [0.15, 0.2) is 54.6 Å². The minimum Gasteiger partial charge on any atom is -0.406 e. The number of hydrogen-bond donors (Lipinski definition) is 1. The minimum absolute atomic E-state index is 0.0626. The third kappa shape index (κ3) is 6.66. The lowest BCUT2D eigenvalue weighted by Gasteiger charge is -2.10. The van der Waals surface area contributed by atoms with Gasteiger partial charge in [0.2, 0.25) is 5.78 Å². The number of amides is 1. The van der Waals surface area contributed by atoms with Crippen molar-refractivity contribution in [3.05, 3.63) is 65.7 Å². The van der Waals surface area contributed by atoms with Crippen LogP contribution in [-0.4, -0.2) is 18.1 Å². The number of rotatable bonds is 7. The van der Waals surface area contributed by atoms with Crippen LogP contribution in [0.4, 0.5) is 13.2 Å². The number of ketones is 1. The number of hydrogen-bond acceptors (Lipinski definition) is 3. The SMILES string of the molecule is O=C(CCc1ccccc1)C(=O)NCc1cccc(OC(F)(F)F)c1. The maximum atomic E-state index is 12.2. The molecule has 4 nitrogen and oxygen atoms in total. The van der Waals surface area contributed by atoms with E-state index in [4.69, 9.17) is 0 Å². The van der Waals surface area contributed by atoms with Gasteiger partial charge in [-0.3, -0.25) is 9.59 Å². The van der Waals surface area contributed by atoms with Crippen LogP contribution in [0.3, 0.4) is 0 Å². The lowest BCUT2D eigenvalue weighted by Crippen LogP contribution is -2.30. The second-order valence-corrected chi connectivity index (χ2v) is 5.29. The Morgan fingerprint density at radius 3 is 2.32 bits per heavy atom. The summed E-state index contributed by atoms with van der Waals surface area (Å²) in [6.45, 7) is -0.0645. The van der Waals surface area contributed by atoms with Gasteiger partial charge in [-0.15, -0.1) is 13.2 Å². The Kier molecular flexibility index (Phi) is 6.16. The molecule has 0 fully saturated rings. The molecule has 0 aliphatic heterocycles. The molecule has 0 saturated carbocycles. The first kappa shape index (κ1) is 18.5.